The molecule has 0 bridgehead atoms. The average Bonchev–Trinajstić information content (AvgIpc) is 2.43. The minimum atomic E-state index is 0.381. The average molecular weight is 291 g/mol. The molecule has 0 saturated carbocycles. The van der Waals surface area contributed by atoms with Gasteiger partial charge in [0, 0.05) is 26.2 Å². The van der Waals surface area contributed by atoms with Gasteiger partial charge in [0.15, 0.2) is 0 Å². The molecule has 0 unspecified atom stereocenters. The van der Waals surface area contributed by atoms with Crippen molar-refractivity contribution in [2.24, 2.45) is 0 Å². The summed E-state index contributed by atoms with van der Waals surface area (Å²) in [6.45, 7) is 13.6. The van der Waals surface area contributed by atoms with Gasteiger partial charge < -0.3 is 20.7 Å². The highest BCUT2D eigenvalue weighted by Gasteiger charge is 2.05. The van der Waals surface area contributed by atoms with Gasteiger partial charge in [-0.05, 0) is 37.1 Å². The van der Waals surface area contributed by atoms with Crippen LogP contribution >= 0.6 is 0 Å². The quantitative estimate of drug-likeness (QED) is 0.620. The van der Waals surface area contributed by atoms with Gasteiger partial charge in [0.05, 0.1) is 12.4 Å². The Morgan fingerprint density at radius 1 is 1.24 bits per heavy atom. The fourth-order valence-corrected chi connectivity index (χ4v) is 2.13. The smallest absolute Gasteiger partial charge is 0.0917 e. The molecule has 0 fully saturated rings. The Kier molecular flexibility index (Phi) is 7.87. The summed E-state index contributed by atoms with van der Waals surface area (Å²) in [6.07, 6.45) is 0. The van der Waals surface area contributed by atoms with Gasteiger partial charge in [-0.1, -0.05) is 31.7 Å². The predicted molar refractivity (Wildman–Crippen MR) is 88.8 cm³/mol. The molecule has 1 rings (SSSR count). The number of hydrogen-bond acceptors (Lipinski definition) is 4. The number of ether oxygens (including phenoxy) is 1. The van der Waals surface area contributed by atoms with Gasteiger partial charge in [-0.2, -0.15) is 0 Å². The van der Waals surface area contributed by atoms with Crippen LogP contribution in [-0.4, -0.2) is 19.7 Å². The van der Waals surface area contributed by atoms with E-state index in [1.807, 2.05) is 0 Å². The second-order valence-corrected chi connectivity index (χ2v) is 5.45. The van der Waals surface area contributed by atoms with Gasteiger partial charge in [0.1, 0.15) is 0 Å². The van der Waals surface area contributed by atoms with E-state index in [0.717, 1.165) is 25.5 Å². The van der Waals surface area contributed by atoms with Crippen molar-refractivity contribution < 1.29 is 4.74 Å². The van der Waals surface area contributed by atoms with Gasteiger partial charge in [0.2, 0.25) is 0 Å². The molecule has 4 heteroatoms. The lowest BCUT2D eigenvalue weighted by Gasteiger charge is -2.17. The second-order valence-electron chi connectivity index (χ2n) is 5.45. The molecular weight excluding hydrogens is 262 g/mol. The van der Waals surface area contributed by atoms with Crippen molar-refractivity contribution in [3.63, 3.8) is 0 Å². The number of methoxy groups -OCH3 is 1. The molecule has 4 nitrogen and oxygen atoms in total. The standard InChI is InChI=1S/C17H29N3O/c1-6-18-10-16-8-7-15(12-21-5)9-17(16)11-19-14(4)20-13(2)3/h7-9,13,18-20H,4,6,10-12H2,1-3,5H3. The van der Waals surface area contributed by atoms with Crippen molar-refractivity contribution in [1.29, 1.82) is 0 Å². The molecule has 0 spiro atoms. The van der Waals surface area contributed by atoms with E-state index in [9.17, 15) is 0 Å². The van der Waals surface area contributed by atoms with Crippen LogP contribution in [0.2, 0.25) is 0 Å². The van der Waals surface area contributed by atoms with Gasteiger partial charge in [-0.3, -0.25) is 0 Å². The van der Waals surface area contributed by atoms with E-state index in [4.69, 9.17) is 4.74 Å². The Morgan fingerprint density at radius 2 is 2.00 bits per heavy atom. The molecule has 0 aromatic heterocycles. The highest BCUT2D eigenvalue weighted by atomic mass is 16.5. The number of rotatable bonds is 10. The largest absolute Gasteiger partial charge is 0.380 e. The van der Waals surface area contributed by atoms with Crippen LogP contribution in [0.25, 0.3) is 0 Å². The number of hydrogen-bond donors (Lipinski definition) is 3. The van der Waals surface area contributed by atoms with E-state index < -0.39 is 0 Å². The first kappa shape index (κ1) is 17.5. The molecular formula is C17H29N3O. The van der Waals surface area contributed by atoms with Gasteiger partial charge in [-0.15, -0.1) is 0 Å². The Balaban J connectivity index is 2.74. The lowest BCUT2D eigenvalue weighted by atomic mass is 10.0. The van der Waals surface area contributed by atoms with E-state index >= 15 is 0 Å². The maximum atomic E-state index is 5.22. The Bertz CT molecular complexity index is 444. The zero-order chi connectivity index (χ0) is 15.7. The summed E-state index contributed by atoms with van der Waals surface area (Å²) in [6, 6.07) is 6.88. The first-order chi connectivity index (χ1) is 10.1. The predicted octanol–water partition coefficient (Wildman–Crippen LogP) is 2.50. The zero-order valence-corrected chi connectivity index (χ0v) is 13.8. The highest BCUT2D eigenvalue weighted by Crippen LogP contribution is 2.13. The first-order valence-corrected chi connectivity index (χ1v) is 7.56. The fraction of sp³-hybridized carbons (Fsp3) is 0.529. The number of nitrogens with one attached hydrogen (secondary N) is 3. The van der Waals surface area contributed by atoms with Crippen LogP contribution in [0.1, 0.15) is 37.5 Å². The Labute approximate surface area is 129 Å². The molecule has 0 amide bonds. The summed E-state index contributed by atoms with van der Waals surface area (Å²) >= 11 is 0. The molecule has 3 N–H and O–H groups in total. The maximum absolute atomic E-state index is 5.22. The van der Waals surface area contributed by atoms with Crippen molar-refractivity contribution in [2.45, 2.75) is 46.5 Å². The molecule has 0 heterocycles. The molecule has 0 aliphatic heterocycles. The molecule has 1 aromatic rings. The highest BCUT2D eigenvalue weighted by molar-refractivity contribution is 5.32. The number of benzene rings is 1. The van der Waals surface area contributed by atoms with Gasteiger partial charge in [0.25, 0.3) is 0 Å². The molecule has 0 radical (unpaired) electrons. The van der Waals surface area contributed by atoms with Gasteiger partial charge in [-0.25, -0.2) is 0 Å². The van der Waals surface area contributed by atoms with Crippen LogP contribution in [0.5, 0.6) is 0 Å². The van der Waals surface area contributed by atoms with Crippen molar-refractivity contribution in [1.82, 2.24) is 16.0 Å². The molecule has 21 heavy (non-hydrogen) atoms. The summed E-state index contributed by atoms with van der Waals surface area (Å²) in [4.78, 5) is 0. The Morgan fingerprint density at radius 3 is 2.62 bits per heavy atom. The molecule has 118 valence electrons. The van der Waals surface area contributed by atoms with Crippen molar-refractivity contribution in [3.8, 4) is 0 Å². The van der Waals surface area contributed by atoms with E-state index in [1.54, 1.807) is 7.11 Å². The molecule has 0 atom stereocenters. The SMILES string of the molecule is C=C(NCc1cc(COC)ccc1CNCC)NC(C)C. The normalized spacial score (nSPS) is 10.7. The third-order valence-corrected chi connectivity index (χ3v) is 3.10. The third-order valence-electron chi connectivity index (χ3n) is 3.10. The van der Waals surface area contributed by atoms with Crippen molar-refractivity contribution in [3.05, 3.63) is 47.3 Å². The summed E-state index contributed by atoms with van der Waals surface area (Å²) in [5.41, 5.74) is 3.77. The molecule has 0 aliphatic carbocycles. The first-order valence-electron chi connectivity index (χ1n) is 7.56. The van der Waals surface area contributed by atoms with E-state index in [2.05, 4.69) is 61.5 Å². The fourth-order valence-electron chi connectivity index (χ4n) is 2.13. The second kappa shape index (κ2) is 9.42. The molecule has 0 aliphatic rings. The Hall–Kier alpha value is -1.52. The summed E-state index contributed by atoms with van der Waals surface area (Å²) < 4.78 is 5.22. The van der Waals surface area contributed by atoms with Crippen molar-refractivity contribution in [2.75, 3.05) is 13.7 Å². The van der Waals surface area contributed by atoms with Crippen LogP contribution < -0.4 is 16.0 Å². The van der Waals surface area contributed by atoms with Crippen LogP contribution in [0.3, 0.4) is 0 Å². The topological polar surface area (TPSA) is 45.3 Å². The van der Waals surface area contributed by atoms with Crippen LogP contribution in [0, 0.1) is 0 Å². The van der Waals surface area contributed by atoms with Gasteiger partial charge >= 0.3 is 0 Å². The lowest BCUT2D eigenvalue weighted by molar-refractivity contribution is 0.185. The van der Waals surface area contributed by atoms with E-state index in [1.165, 1.54) is 16.7 Å². The maximum Gasteiger partial charge on any atom is 0.0917 e. The monoisotopic (exact) mass is 291 g/mol. The minimum absolute atomic E-state index is 0.381. The zero-order valence-electron chi connectivity index (χ0n) is 13.8. The third kappa shape index (κ3) is 6.65. The van der Waals surface area contributed by atoms with Crippen LogP contribution in [0.4, 0.5) is 0 Å². The van der Waals surface area contributed by atoms with E-state index in [-0.39, 0.29) is 0 Å². The summed E-state index contributed by atoms with van der Waals surface area (Å²) in [5.74, 6) is 0.858. The van der Waals surface area contributed by atoms with Crippen LogP contribution in [0.15, 0.2) is 30.6 Å². The minimum Gasteiger partial charge on any atom is -0.380 e. The van der Waals surface area contributed by atoms with Crippen molar-refractivity contribution >= 4 is 0 Å². The summed E-state index contributed by atoms with van der Waals surface area (Å²) in [5, 5.41) is 9.99. The summed E-state index contributed by atoms with van der Waals surface area (Å²) in [7, 11) is 1.72. The lowest BCUT2D eigenvalue weighted by Crippen LogP contribution is -2.30. The van der Waals surface area contributed by atoms with Crippen LogP contribution in [-0.2, 0) is 24.4 Å². The molecule has 0 saturated heterocycles. The molecule has 1 aromatic carbocycles. The van der Waals surface area contributed by atoms with E-state index in [0.29, 0.717) is 12.6 Å².